The van der Waals surface area contributed by atoms with Crippen molar-refractivity contribution < 1.29 is 18.7 Å². The van der Waals surface area contributed by atoms with E-state index >= 15 is 0 Å². The average Bonchev–Trinajstić information content (AvgIpc) is 2.95. The van der Waals surface area contributed by atoms with Gasteiger partial charge in [0.2, 0.25) is 0 Å². The number of hydrogen-bond donors (Lipinski definition) is 1. The number of carbonyl (C=O) groups excluding carboxylic acids is 2. The molecule has 1 unspecified atom stereocenters. The zero-order chi connectivity index (χ0) is 15.6. The highest BCUT2D eigenvalue weighted by Crippen LogP contribution is 2.24. The van der Waals surface area contributed by atoms with Crippen LogP contribution < -0.4 is 5.73 Å². The van der Waals surface area contributed by atoms with Crippen LogP contribution in [-0.2, 0) is 9.53 Å². The van der Waals surface area contributed by atoms with Crippen LogP contribution in [0.5, 0.6) is 0 Å². The molecule has 1 fully saturated rings. The Morgan fingerprint density at radius 2 is 2.00 bits per heavy atom. The smallest absolute Gasteiger partial charge is 0.340 e. The normalized spacial score (nSPS) is 15.9. The van der Waals surface area contributed by atoms with Crippen LogP contribution in [0, 0.1) is 5.82 Å². The van der Waals surface area contributed by atoms with Gasteiger partial charge < -0.3 is 15.4 Å². The van der Waals surface area contributed by atoms with E-state index in [0.717, 1.165) is 18.9 Å². The Bertz CT molecular complexity index is 574. The molecule has 0 aliphatic carbocycles. The molecule has 0 bridgehead atoms. The number of nitrogen functional groups attached to an aromatic ring is 1. The number of esters is 1. The van der Waals surface area contributed by atoms with Crippen molar-refractivity contribution in [2.24, 2.45) is 0 Å². The number of ether oxygens (including phenoxy) is 1. The molecule has 0 spiro atoms. The second-order valence-corrected chi connectivity index (χ2v) is 5.79. The van der Waals surface area contributed by atoms with Crippen molar-refractivity contribution in [1.29, 1.82) is 0 Å². The Morgan fingerprint density at radius 3 is 2.62 bits per heavy atom. The molecule has 2 N–H and O–H groups in total. The molecule has 0 aromatic heterocycles. The Balaban J connectivity index is 2.07. The first kappa shape index (κ1) is 15.8. The molecule has 5 nitrogen and oxygen atoms in total. The zero-order valence-corrected chi connectivity index (χ0v) is 13.2. The molecule has 1 amide bonds. The molecule has 1 aliphatic rings. The highest BCUT2D eigenvalue weighted by molar-refractivity contribution is 9.10. The highest BCUT2D eigenvalue weighted by atomic mass is 79.9. The summed E-state index contributed by atoms with van der Waals surface area (Å²) in [4.78, 5) is 25.8. The fourth-order valence-electron chi connectivity index (χ4n) is 2.19. The van der Waals surface area contributed by atoms with Crippen LogP contribution in [0.4, 0.5) is 10.1 Å². The molecule has 1 aromatic carbocycles. The third kappa shape index (κ3) is 3.53. The summed E-state index contributed by atoms with van der Waals surface area (Å²) < 4.78 is 18.6. The van der Waals surface area contributed by atoms with E-state index in [9.17, 15) is 14.0 Å². The van der Waals surface area contributed by atoms with Gasteiger partial charge in [0.25, 0.3) is 5.91 Å². The summed E-state index contributed by atoms with van der Waals surface area (Å²) >= 11 is 3.08. The molecule has 114 valence electrons. The van der Waals surface area contributed by atoms with E-state index in [2.05, 4.69) is 15.9 Å². The number of rotatable bonds is 3. The number of hydrogen-bond acceptors (Lipinski definition) is 4. The van der Waals surface area contributed by atoms with Gasteiger partial charge >= 0.3 is 5.97 Å². The largest absolute Gasteiger partial charge is 0.449 e. The van der Waals surface area contributed by atoms with Crippen LogP contribution in [0.1, 0.15) is 30.1 Å². The number of halogens is 2. The summed E-state index contributed by atoms with van der Waals surface area (Å²) in [5.41, 5.74) is 5.38. The van der Waals surface area contributed by atoms with Gasteiger partial charge in [-0.1, -0.05) is 0 Å². The number of amides is 1. The van der Waals surface area contributed by atoms with Gasteiger partial charge in [-0.05, 0) is 47.8 Å². The topological polar surface area (TPSA) is 72.6 Å². The van der Waals surface area contributed by atoms with Crippen LogP contribution in [0.25, 0.3) is 0 Å². The number of likely N-dealkylation sites (tertiary alicyclic amines) is 1. The van der Waals surface area contributed by atoms with Crippen molar-refractivity contribution in [2.75, 3.05) is 18.8 Å². The van der Waals surface area contributed by atoms with Crippen molar-refractivity contribution in [2.45, 2.75) is 25.9 Å². The fraction of sp³-hybridized carbons (Fsp3) is 0.429. The Hall–Kier alpha value is -1.63. The van der Waals surface area contributed by atoms with Crippen molar-refractivity contribution in [3.63, 3.8) is 0 Å². The van der Waals surface area contributed by atoms with Crippen LogP contribution in [0.15, 0.2) is 16.6 Å². The molecule has 0 radical (unpaired) electrons. The van der Waals surface area contributed by atoms with Gasteiger partial charge in [-0.2, -0.15) is 0 Å². The van der Waals surface area contributed by atoms with Crippen molar-refractivity contribution in [1.82, 2.24) is 4.90 Å². The zero-order valence-electron chi connectivity index (χ0n) is 11.6. The molecular formula is C14H16BrFN2O3. The second kappa shape index (κ2) is 6.43. The summed E-state index contributed by atoms with van der Waals surface area (Å²) in [5.74, 6) is -1.56. The summed E-state index contributed by atoms with van der Waals surface area (Å²) in [7, 11) is 0. The first-order valence-electron chi connectivity index (χ1n) is 6.64. The van der Waals surface area contributed by atoms with Gasteiger partial charge in [0.1, 0.15) is 5.82 Å². The van der Waals surface area contributed by atoms with Gasteiger partial charge in [-0.15, -0.1) is 0 Å². The van der Waals surface area contributed by atoms with E-state index in [4.69, 9.17) is 10.5 Å². The molecule has 1 saturated heterocycles. The summed E-state index contributed by atoms with van der Waals surface area (Å²) in [6.45, 7) is 2.90. The van der Waals surface area contributed by atoms with Gasteiger partial charge in [0.15, 0.2) is 6.10 Å². The predicted molar refractivity (Wildman–Crippen MR) is 79.2 cm³/mol. The van der Waals surface area contributed by atoms with Crippen molar-refractivity contribution >= 4 is 33.5 Å². The molecular weight excluding hydrogens is 343 g/mol. The fourth-order valence-corrected chi connectivity index (χ4v) is 2.67. The summed E-state index contributed by atoms with van der Waals surface area (Å²) in [6.07, 6.45) is 1.05. The lowest BCUT2D eigenvalue weighted by molar-refractivity contribution is -0.138. The number of nitrogens with zero attached hydrogens (tertiary/aromatic N) is 1. The molecule has 7 heteroatoms. The number of anilines is 1. The molecule has 1 heterocycles. The maximum Gasteiger partial charge on any atom is 0.340 e. The van der Waals surface area contributed by atoms with E-state index in [1.54, 1.807) is 4.90 Å². The Morgan fingerprint density at radius 1 is 1.38 bits per heavy atom. The molecule has 21 heavy (non-hydrogen) atoms. The van der Waals surface area contributed by atoms with Gasteiger partial charge in [0, 0.05) is 17.6 Å². The summed E-state index contributed by atoms with van der Waals surface area (Å²) in [5, 5.41) is 0. The molecule has 1 aromatic rings. The van der Waals surface area contributed by atoms with E-state index in [-0.39, 0.29) is 21.6 Å². The van der Waals surface area contributed by atoms with Crippen LogP contribution in [0.2, 0.25) is 0 Å². The minimum Gasteiger partial charge on any atom is -0.449 e. The number of carbonyl (C=O) groups is 2. The van der Waals surface area contributed by atoms with Crippen LogP contribution >= 0.6 is 15.9 Å². The maximum atomic E-state index is 13.3. The highest BCUT2D eigenvalue weighted by Gasteiger charge is 2.27. The Kier molecular flexibility index (Phi) is 4.82. The van der Waals surface area contributed by atoms with Gasteiger partial charge in [0.05, 0.1) is 11.3 Å². The third-order valence-electron chi connectivity index (χ3n) is 3.36. The average molecular weight is 359 g/mol. The van der Waals surface area contributed by atoms with E-state index < -0.39 is 17.9 Å². The van der Waals surface area contributed by atoms with Crippen LogP contribution in [-0.4, -0.2) is 36.0 Å². The predicted octanol–water partition coefficient (Wildman–Crippen LogP) is 2.34. The van der Waals surface area contributed by atoms with Gasteiger partial charge in [-0.3, -0.25) is 4.79 Å². The van der Waals surface area contributed by atoms with Crippen LogP contribution in [0.3, 0.4) is 0 Å². The summed E-state index contributed by atoms with van der Waals surface area (Å²) in [6, 6.07) is 2.29. The van der Waals surface area contributed by atoms with E-state index in [1.807, 2.05) is 0 Å². The van der Waals surface area contributed by atoms with Gasteiger partial charge in [-0.25, -0.2) is 9.18 Å². The monoisotopic (exact) mass is 358 g/mol. The lowest BCUT2D eigenvalue weighted by Crippen LogP contribution is -2.38. The third-order valence-corrected chi connectivity index (χ3v) is 4.01. The van der Waals surface area contributed by atoms with E-state index in [1.165, 1.54) is 13.0 Å². The first-order chi connectivity index (χ1) is 9.90. The standard InChI is InChI=1S/C14H16BrFN2O3/c1-8(13(19)18-4-2-3-5-18)21-14(20)9-6-12(17)11(16)7-10(9)15/h6-8H,2-5,17H2,1H3. The quantitative estimate of drug-likeness (QED) is 0.664. The molecule has 1 aliphatic heterocycles. The number of nitrogens with two attached hydrogens (primary N) is 1. The minimum absolute atomic E-state index is 0.0926. The molecule has 2 rings (SSSR count). The van der Waals surface area contributed by atoms with Crippen molar-refractivity contribution in [3.8, 4) is 0 Å². The lowest BCUT2D eigenvalue weighted by Gasteiger charge is -2.20. The van der Waals surface area contributed by atoms with E-state index in [0.29, 0.717) is 13.1 Å². The molecule has 0 saturated carbocycles. The minimum atomic E-state index is -0.881. The molecule has 1 atom stereocenters. The SMILES string of the molecule is CC(OC(=O)c1cc(N)c(F)cc1Br)C(=O)N1CCCC1. The maximum absolute atomic E-state index is 13.3. The second-order valence-electron chi connectivity index (χ2n) is 4.93. The lowest BCUT2D eigenvalue weighted by atomic mass is 10.2. The Labute approximate surface area is 130 Å². The first-order valence-corrected chi connectivity index (χ1v) is 7.43. The van der Waals surface area contributed by atoms with Crippen molar-refractivity contribution in [3.05, 3.63) is 28.0 Å². The number of benzene rings is 1.